The quantitative estimate of drug-likeness (QED) is 0.493. The Morgan fingerprint density at radius 1 is 0.818 bits per heavy atom. The molecule has 33 heavy (non-hydrogen) atoms. The lowest BCUT2D eigenvalue weighted by Gasteiger charge is -2.15. The van der Waals surface area contributed by atoms with Crippen LogP contribution < -0.4 is 9.47 Å². The number of allylic oxidation sites excluding steroid dienone is 1. The van der Waals surface area contributed by atoms with Crippen LogP contribution in [0.5, 0.6) is 17.2 Å². The van der Waals surface area contributed by atoms with Crippen LogP contribution in [0.15, 0.2) is 80.9 Å². The van der Waals surface area contributed by atoms with Gasteiger partial charge in [-0.25, -0.2) is 8.42 Å². The van der Waals surface area contributed by atoms with E-state index in [4.69, 9.17) is 9.47 Å². The fourth-order valence-corrected chi connectivity index (χ4v) is 5.70. The molecule has 0 fully saturated rings. The molecule has 0 heterocycles. The van der Waals surface area contributed by atoms with Crippen LogP contribution in [0.3, 0.4) is 0 Å². The average molecular weight is 487 g/mol. The number of hydrogen-bond acceptors (Lipinski definition) is 6. The van der Waals surface area contributed by atoms with Gasteiger partial charge in [-0.1, -0.05) is 17.7 Å². The Morgan fingerprint density at radius 2 is 1.48 bits per heavy atom. The maximum absolute atomic E-state index is 13.0. The fourth-order valence-electron chi connectivity index (χ4n) is 3.66. The van der Waals surface area contributed by atoms with Crippen LogP contribution in [-0.4, -0.2) is 28.5 Å². The molecule has 172 valence electrons. The molecule has 4 rings (SSSR count). The minimum absolute atomic E-state index is 0.0487. The summed E-state index contributed by atoms with van der Waals surface area (Å²) in [5.41, 5.74) is 3.72. The van der Waals surface area contributed by atoms with E-state index >= 15 is 0 Å². The Morgan fingerprint density at radius 3 is 2.15 bits per heavy atom. The van der Waals surface area contributed by atoms with E-state index in [2.05, 4.69) is 13.0 Å². The Kier molecular flexibility index (Phi) is 6.04. The zero-order valence-corrected chi connectivity index (χ0v) is 19.6. The highest BCUT2D eigenvalue weighted by molar-refractivity contribution is 7.91. The molecule has 9 heteroatoms. The number of fused-ring (bicyclic) bond motifs is 1. The van der Waals surface area contributed by atoms with Gasteiger partial charge in [0.25, 0.3) is 10.1 Å². The van der Waals surface area contributed by atoms with E-state index in [0.717, 1.165) is 18.9 Å². The summed E-state index contributed by atoms with van der Waals surface area (Å²) in [5.74, 6) is 0.964. The van der Waals surface area contributed by atoms with E-state index in [1.54, 1.807) is 0 Å². The second kappa shape index (κ2) is 8.66. The van der Waals surface area contributed by atoms with E-state index in [-0.39, 0.29) is 15.5 Å². The van der Waals surface area contributed by atoms with Crippen molar-refractivity contribution < 1.29 is 30.9 Å². The SMILES string of the molecule is COc1ccc(S(=O)(=O)c2ccc(Oc3ccc4c(c3)CCC(C)=C4)cc2)cc1S(=O)(=O)O. The lowest BCUT2D eigenvalue weighted by Crippen LogP contribution is -2.06. The highest BCUT2D eigenvalue weighted by atomic mass is 32.2. The van der Waals surface area contributed by atoms with Crippen molar-refractivity contribution in [3.8, 4) is 17.2 Å². The van der Waals surface area contributed by atoms with Crippen molar-refractivity contribution in [3.05, 3.63) is 77.4 Å². The monoisotopic (exact) mass is 486 g/mol. The fraction of sp³-hybridized carbons (Fsp3) is 0.167. The summed E-state index contributed by atoms with van der Waals surface area (Å²) < 4.78 is 69.4. The third-order valence-corrected chi connectivity index (χ3v) is 8.04. The zero-order chi connectivity index (χ0) is 23.8. The number of rotatable bonds is 6. The molecule has 3 aromatic rings. The topological polar surface area (TPSA) is 107 Å². The van der Waals surface area contributed by atoms with E-state index in [1.807, 2.05) is 18.2 Å². The van der Waals surface area contributed by atoms with Crippen LogP contribution in [0, 0.1) is 0 Å². The first-order valence-electron chi connectivity index (χ1n) is 10.1. The van der Waals surface area contributed by atoms with Gasteiger partial charge < -0.3 is 9.47 Å². The van der Waals surface area contributed by atoms with Gasteiger partial charge in [-0.3, -0.25) is 4.55 Å². The van der Waals surface area contributed by atoms with Crippen molar-refractivity contribution in [2.75, 3.05) is 7.11 Å². The van der Waals surface area contributed by atoms with Crippen molar-refractivity contribution in [1.82, 2.24) is 0 Å². The maximum Gasteiger partial charge on any atom is 0.298 e. The van der Waals surface area contributed by atoms with Gasteiger partial charge in [0.15, 0.2) is 0 Å². The molecule has 7 nitrogen and oxygen atoms in total. The minimum atomic E-state index is -4.67. The number of aryl methyl sites for hydroxylation is 1. The summed E-state index contributed by atoms with van der Waals surface area (Å²) in [6.07, 6.45) is 4.11. The van der Waals surface area contributed by atoms with E-state index in [0.29, 0.717) is 11.5 Å². The van der Waals surface area contributed by atoms with E-state index in [9.17, 15) is 21.4 Å². The summed E-state index contributed by atoms with van der Waals surface area (Å²) in [6.45, 7) is 2.11. The van der Waals surface area contributed by atoms with Gasteiger partial charge in [-0.05, 0) is 85.5 Å². The molecule has 0 amide bonds. The molecule has 1 aliphatic carbocycles. The smallest absolute Gasteiger partial charge is 0.298 e. The molecule has 0 saturated heterocycles. The van der Waals surface area contributed by atoms with Gasteiger partial charge in [-0.2, -0.15) is 8.42 Å². The van der Waals surface area contributed by atoms with Gasteiger partial charge in [0, 0.05) is 0 Å². The minimum Gasteiger partial charge on any atom is -0.495 e. The van der Waals surface area contributed by atoms with Crippen LogP contribution in [-0.2, 0) is 26.4 Å². The third-order valence-electron chi connectivity index (χ3n) is 5.40. The highest BCUT2D eigenvalue weighted by Gasteiger charge is 2.24. The molecule has 0 spiro atoms. The second-order valence-corrected chi connectivity index (χ2v) is 11.1. The van der Waals surface area contributed by atoms with Crippen molar-refractivity contribution >= 4 is 26.0 Å². The lowest BCUT2D eigenvalue weighted by atomic mass is 9.93. The first kappa shape index (κ1) is 23.0. The molecule has 0 atom stereocenters. The van der Waals surface area contributed by atoms with Crippen molar-refractivity contribution in [3.63, 3.8) is 0 Å². The molecule has 0 aromatic heterocycles. The van der Waals surface area contributed by atoms with Gasteiger partial charge in [0.05, 0.1) is 16.9 Å². The lowest BCUT2D eigenvalue weighted by molar-refractivity contribution is 0.397. The summed E-state index contributed by atoms with van der Waals surface area (Å²) in [6, 6.07) is 15.0. The number of sulfone groups is 1. The molecule has 0 unspecified atom stereocenters. The molecule has 1 N–H and O–H groups in total. The molecule has 0 aliphatic heterocycles. The van der Waals surface area contributed by atoms with E-state index in [1.165, 1.54) is 60.2 Å². The first-order valence-corrected chi connectivity index (χ1v) is 13.0. The molecule has 0 saturated carbocycles. The Bertz CT molecular complexity index is 1450. The molecule has 1 aliphatic rings. The average Bonchev–Trinajstić information content (AvgIpc) is 2.78. The maximum atomic E-state index is 13.0. The summed E-state index contributed by atoms with van der Waals surface area (Å²) in [7, 11) is -7.50. The Labute approximate surface area is 193 Å². The third kappa shape index (κ3) is 4.80. The van der Waals surface area contributed by atoms with Crippen LogP contribution in [0.25, 0.3) is 6.08 Å². The van der Waals surface area contributed by atoms with Gasteiger partial charge >= 0.3 is 0 Å². The van der Waals surface area contributed by atoms with Crippen LogP contribution in [0.1, 0.15) is 24.5 Å². The second-order valence-electron chi connectivity index (χ2n) is 7.72. The number of hydrogen-bond donors (Lipinski definition) is 1. The van der Waals surface area contributed by atoms with Gasteiger partial charge in [0.2, 0.25) is 9.84 Å². The first-order chi connectivity index (χ1) is 15.6. The standard InChI is InChI=1S/C24H22O7S2/c1-16-3-4-18-14-20(6-5-17(18)13-16)31-19-7-9-21(10-8-19)32(25,26)22-11-12-23(30-2)24(15-22)33(27,28)29/h5-15H,3-4H2,1-2H3,(H,27,28,29). The van der Waals surface area contributed by atoms with Crippen LogP contribution >= 0.6 is 0 Å². The van der Waals surface area contributed by atoms with E-state index < -0.39 is 24.9 Å². The molecule has 0 radical (unpaired) electrons. The molecular formula is C24H22O7S2. The Hall–Kier alpha value is -3.14. The number of ether oxygens (including phenoxy) is 2. The van der Waals surface area contributed by atoms with Crippen molar-refractivity contribution in [2.45, 2.75) is 34.5 Å². The zero-order valence-electron chi connectivity index (χ0n) is 18.0. The van der Waals surface area contributed by atoms with Crippen LogP contribution in [0.2, 0.25) is 0 Å². The molecule has 3 aromatic carbocycles. The summed E-state index contributed by atoms with van der Waals surface area (Å²) >= 11 is 0. The predicted molar refractivity (Wildman–Crippen MR) is 123 cm³/mol. The Balaban J connectivity index is 1.59. The number of methoxy groups -OCH3 is 1. The van der Waals surface area contributed by atoms with Gasteiger partial charge in [-0.15, -0.1) is 0 Å². The van der Waals surface area contributed by atoms with Gasteiger partial charge in [0.1, 0.15) is 22.1 Å². The van der Waals surface area contributed by atoms with Crippen LogP contribution in [0.4, 0.5) is 0 Å². The normalized spacial score (nSPS) is 13.7. The van der Waals surface area contributed by atoms with Crippen molar-refractivity contribution in [2.24, 2.45) is 0 Å². The summed E-state index contributed by atoms with van der Waals surface area (Å²) in [4.78, 5) is -0.960. The largest absolute Gasteiger partial charge is 0.495 e. The highest BCUT2D eigenvalue weighted by Crippen LogP contribution is 2.32. The van der Waals surface area contributed by atoms with Crippen molar-refractivity contribution in [1.29, 1.82) is 0 Å². The molecule has 0 bridgehead atoms. The predicted octanol–water partition coefficient (Wildman–Crippen LogP) is 4.92. The number of benzene rings is 3. The summed E-state index contributed by atoms with van der Waals surface area (Å²) in [5, 5.41) is 0. The molecular weight excluding hydrogens is 464 g/mol.